The summed E-state index contributed by atoms with van der Waals surface area (Å²) in [7, 11) is 0. The van der Waals surface area contributed by atoms with Crippen LogP contribution in [-0.4, -0.2) is 11.1 Å². The molecule has 0 radical (unpaired) electrons. The van der Waals surface area contributed by atoms with Gasteiger partial charge in [-0.2, -0.15) is 0 Å². The second-order valence-electron chi connectivity index (χ2n) is 5.49. The fourth-order valence-corrected chi connectivity index (χ4v) is 2.67. The van der Waals surface area contributed by atoms with E-state index in [1.54, 1.807) is 4.57 Å². The maximum absolute atomic E-state index is 12.4. The lowest BCUT2D eigenvalue weighted by Gasteiger charge is -2.15. The highest BCUT2D eigenvalue weighted by Crippen LogP contribution is 2.11. The van der Waals surface area contributed by atoms with Crippen molar-refractivity contribution in [3.8, 4) is 0 Å². The molecule has 1 unspecified atom stereocenters. The molecule has 0 aliphatic rings. The van der Waals surface area contributed by atoms with Gasteiger partial charge in [-0.1, -0.05) is 48.5 Å². The Labute approximate surface area is 130 Å². The first-order valence-corrected chi connectivity index (χ1v) is 7.62. The van der Waals surface area contributed by atoms with Crippen LogP contribution in [0.4, 0.5) is 0 Å². The van der Waals surface area contributed by atoms with Crippen molar-refractivity contribution in [2.24, 2.45) is 0 Å². The third-order valence-corrected chi connectivity index (χ3v) is 3.99. The first-order valence-electron chi connectivity index (χ1n) is 7.62. The molecule has 3 nitrogen and oxygen atoms in total. The van der Waals surface area contributed by atoms with Crippen LogP contribution in [0.2, 0.25) is 0 Å². The second kappa shape index (κ2) is 6.58. The Balaban J connectivity index is 1.67. The molecule has 0 bridgehead atoms. The van der Waals surface area contributed by atoms with Crippen LogP contribution in [0.1, 0.15) is 18.5 Å². The summed E-state index contributed by atoms with van der Waals surface area (Å²) in [6, 6.07) is 20.3. The van der Waals surface area contributed by atoms with E-state index in [4.69, 9.17) is 0 Å². The topological polar surface area (TPSA) is 34.0 Å². The smallest absolute Gasteiger partial charge is 0.258 e. The predicted octanol–water partition coefficient (Wildman–Crippen LogP) is 3.35. The molecular formula is C19H20N2O. The number of nitrogens with one attached hydrogen (secondary N) is 1. The molecule has 1 N–H and O–H groups in total. The summed E-state index contributed by atoms with van der Waals surface area (Å²) in [6.07, 6.45) is 1.87. The highest BCUT2D eigenvalue weighted by Gasteiger charge is 2.05. The normalized spacial score (nSPS) is 12.4. The van der Waals surface area contributed by atoms with Gasteiger partial charge in [-0.25, -0.2) is 0 Å². The van der Waals surface area contributed by atoms with Gasteiger partial charge in [0.05, 0.1) is 0 Å². The van der Waals surface area contributed by atoms with Gasteiger partial charge in [-0.15, -0.1) is 0 Å². The largest absolute Gasteiger partial charge is 0.314 e. The number of pyridine rings is 1. The maximum Gasteiger partial charge on any atom is 0.258 e. The van der Waals surface area contributed by atoms with Gasteiger partial charge in [-0.3, -0.25) is 4.79 Å². The van der Waals surface area contributed by atoms with Crippen LogP contribution >= 0.6 is 0 Å². The van der Waals surface area contributed by atoms with Crippen LogP contribution < -0.4 is 10.9 Å². The lowest BCUT2D eigenvalue weighted by atomic mass is 10.1. The molecule has 0 aliphatic carbocycles. The second-order valence-corrected chi connectivity index (χ2v) is 5.49. The number of fused-ring (bicyclic) bond motifs is 1. The molecule has 3 heteroatoms. The molecular weight excluding hydrogens is 272 g/mol. The van der Waals surface area contributed by atoms with Gasteiger partial charge >= 0.3 is 0 Å². The number of hydrogen-bond acceptors (Lipinski definition) is 2. The fourth-order valence-electron chi connectivity index (χ4n) is 2.67. The van der Waals surface area contributed by atoms with Crippen LogP contribution in [-0.2, 0) is 6.54 Å². The molecule has 2 aromatic carbocycles. The molecule has 0 amide bonds. The van der Waals surface area contributed by atoms with Crippen LogP contribution in [0, 0.1) is 0 Å². The Bertz CT molecular complexity index is 808. The molecule has 1 atom stereocenters. The Hall–Kier alpha value is -2.39. The predicted molar refractivity (Wildman–Crippen MR) is 91.1 cm³/mol. The monoisotopic (exact) mass is 292 g/mol. The van der Waals surface area contributed by atoms with Crippen molar-refractivity contribution >= 4 is 10.8 Å². The standard InChI is InChI=1S/C19H20N2O/c1-15(16-7-3-2-4-8-16)20-12-14-21-13-11-17-9-5-6-10-18(17)19(21)22/h2-11,13,15,20H,12,14H2,1H3. The van der Waals surface area contributed by atoms with Crippen LogP contribution in [0.5, 0.6) is 0 Å². The van der Waals surface area contributed by atoms with Gasteiger partial charge < -0.3 is 9.88 Å². The average Bonchev–Trinajstić information content (AvgIpc) is 2.58. The fraction of sp³-hybridized carbons (Fsp3) is 0.211. The van der Waals surface area contributed by atoms with E-state index in [1.807, 2.05) is 54.7 Å². The van der Waals surface area contributed by atoms with Crippen molar-refractivity contribution in [1.29, 1.82) is 0 Å². The van der Waals surface area contributed by atoms with Gasteiger partial charge in [0, 0.05) is 30.7 Å². The molecule has 0 aliphatic heterocycles. The van der Waals surface area contributed by atoms with Crippen molar-refractivity contribution in [1.82, 2.24) is 9.88 Å². The minimum atomic E-state index is 0.0762. The molecule has 0 spiro atoms. The summed E-state index contributed by atoms with van der Waals surface area (Å²) < 4.78 is 1.77. The van der Waals surface area contributed by atoms with E-state index in [2.05, 4.69) is 24.4 Å². The van der Waals surface area contributed by atoms with Gasteiger partial charge in [0.15, 0.2) is 0 Å². The third-order valence-electron chi connectivity index (χ3n) is 3.99. The molecule has 3 aromatic rings. The lowest BCUT2D eigenvalue weighted by Crippen LogP contribution is -2.28. The summed E-state index contributed by atoms with van der Waals surface area (Å²) in [5.74, 6) is 0. The minimum Gasteiger partial charge on any atom is -0.314 e. The molecule has 0 saturated carbocycles. The average molecular weight is 292 g/mol. The zero-order valence-corrected chi connectivity index (χ0v) is 12.7. The Kier molecular flexibility index (Phi) is 4.35. The van der Waals surface area contributed by atoms with E-state index >= 15 is 0 Å². The maximum atomic E-state index is 12.4. The first kappa shape index (κ1) is 14.5. The van der Waals surface area contributed by atoms with Crippen LogP contribution in [0.3, 0.4) is 0 Å². The van der Waals surface area contributed by atoms with E-state index in [0.29, 0.717) is 6.54 Å². The van der Waals surface area contributed by atoms with Crippen molar-refractivity contribution in [3.05, 3.63) is 82.8 Å². The van der Waals surface area contributed by atoms with Crippen molar-refractivity contribution in [2.75, 3.05) is 6.54 Å². The van der Waals surface area contributed by atoms with Crippen molar-refractivity contribution in [2.45, 2.75) is 19.5 Å². The van der Waals surface area contributed by atoms with E-state index in [-0.39, 0.29) is 11.6 Å². The number of benzene rings is 2. The van der Waals surface area contributed by atoms with Gasteiger partial charge in [0.2, 0.25) is 0 Å². The summed E-state index contributed by atoms with van der Waals surface area (Å²) in [5, 5.41) is 5.24. The number of nitrogens with zero attached hydrogens (tertiary/aromatic N) is 1. The van der Waals surface area contributed by atoms with Crippen LogP contribution in [0.25, 0.3) is 10.8 Å². The van der Waals surface area contributed by atoms with E-state index in [1.165, 1.54) is 5.56 Å². The van der Waals surface area contributed by atoms with Crippen molar-refractivity contribution < 1.29 is 0 Å². The lowest BCUT2D eigenvalue weighted by molar-refractivity contribution is 0.526. The quantitative estimate of drug-likeness (QED) is 0.782. The first-order chi connectivity index (χ1) is 10.8. The number of hydrogen-bond donors (Lipinski definition) is 1. The highest BCUT2D eigenvalue weighted by atomic mass is 16.1. The van der Waals surface area contributed by atoms with Gasteiger partial charge in [0.1, 0.15) is 0 Å². The summed E-state index contributed by atoms with van der Waals surface area (Å²) in [5.41, 5.74) is 1.33. The van der Waals surface area contributed by atoms with Gasteiger partial charge in [0.25, 0.3) is 5.56 Å². The Morgan fingerprint density at radius 2 is 1.73 bits per heavy atom. The molecule has 1 heterocycles. The van der Waals surface area contributed by atoms with E-state index in [0.717, 1.165) is 17.3 Å². The summed E-state index contributed by atoms with van der Waals surface area (Å²) in [4.78, 5) is 12.4. The molecule has 1 aromatic heterocycles. The van der Waals surface area contributed by atoms with E-state index in [9.17, 15) is 4.79 Å². The number of aromatic nitrogens is 1. The van der Waals surface area contributed by atoms with Crippen molar-refractivity contribution in [3.63, 3.8) is 0 Å². The summed E-state index contributed by atoms with van der Waals surface area (Å²) in [6.45, 7) is 3.56. The molecule has 0 fully saturated rings. The van der Waals surface area contributed by atoms with Gasteiger partial charge in [-0.05, 0) is 30.0 Å². The zero-order chi connectivity index (χ0) is 15.4. The zero-order valence-electron chi connectivity index (χ0n) is 12.7. The van der Waals surface area contributed by atoms with Crippen LogP contribution in [0.15, 0.2) is 71.7 Å². The Morgan fingerprint density at radius 3 is 2.55 bits per heavy atom. The molecule has 22 heavy (non-hydrogen) atoms. The highest BCUT2D eigenvalue weighted by molar-refractivity contribution is 5.81. The third kappa shape index (κ3) is 3.10. The minimum absolute atomic E-state index is 0.0762. The molecule has 3 rings (SSSR count). The van der Waals surface area contributed by atoms with E-state index < -0.39 is 0 Å². The SMILES string of the molecule is CC(NCCn1ccc2ccccc2c1=O)c1ccccc1. The summed E-state index contributed by atoms with van der Waals surface area (Å²) >= 11 is 0. The number of rotatable bonds is 5. The molecule has 0 saturated heterocycles. The molecule has 112 valence electrons. The Morgan fingerprint density at radius 1 is 1.00 bits per heavy atom.